The van der Waals surface area contributed by atoms with Crippen molar-refractivity contribution in [3.05, 3.63) is 121 Å². The molecule has 6 aliphatic heterocycles. The molecule has 21 N–H and O–H groups in total. The fourth-order valence-corrected chi connectivity index (χ4v) is 17.7. The van der Waals surface area contributed by atoms with Gasteiger partial charge < -0.3 is 95.0 Å². The number of carbonyl (C=O) groups is 6. The topological polar surface area (TPSA) is 740 Å². The maximum Gasteiger partial charge on any atom is 0.418 e. The van der Waals surface area contributed by atoms with Gasteiger partial charge in [0.25, 0.3) is 17.7 Å². The lowest BCUT2D eigenvalue weighted by Gasteiger charge is -2.50. The zero-order valence-electron chi connectivity index (χ0n) is 75.1. The minimum atomic E-state index is -4.92. The number of fused-ring (bicyclic) bond motifs is 3. The van der Waals surface area contributed by atoms with Gasteiger partial charge >= 0.3 is 31.2 Å². The summed E-state index contributed by atoms with van der Waals surface area (Å²) in [5.41, 5.74) is 54.9. The number of thiazole rings is 3. The van der Waals surface area contributed by atoms with Crippen molar-refractivity contribution in [1.29, 1.82) is 0 Å². The van der Waals surface area contributed by atoms with E-state index in [1.54, 1.807) is 0 Å². The molecule has 0 unspecified atom stereocenters. The summed E-state index contributed by atoms with van der Waals surface area (Å²) in [6, 6.07) is 17.4. The van der Waals surface area contributed by atoms with Crippen LogP contribution in [0.5, 0.6) is 17.2 Å². The highest BCUT2D eigenvalue weighted by Crippen LogP contribution is 2.44. The number of carbonyl (C=O) groups excluding carboxylic acids is 6. The number of ether oxygens (including phenoxy) is 3. The number of amides is 3. The number of β-lactam (4-membered cyclic amide) rings is 3. The molecule has 3 atom stereocenters. The summed E-state index contributed by atoms with van der Waals surface area (Å²) in [5, 5.41) is 18.6. The number of hydrogen-bond donors (Lipinski definition) is 12. The Labute approximate surface area is 795 Å². The lowest BCUT2D eigenvalue weighted by Crippen LogP contribution is -2.68. The van der Waals surface area contributed by atoms with Gasteiger partial charge in [-0.25, -0.2) is 15.0 Å². The lowest BCUT2D eigenvalue weighted by atomic mass is 9.74. The maximum absolute atomic E-state index is 13.2. The van der Waals surface area contributed by atoms with Crippen LogP contribution in [0.2, 0.25) is 0 Å². The van der Waals surface area contributed by atoms with Gasteiger partial charge in [-0.15, -0.1) is 46.9 Å². The SMILES string of the molecule is CC1(C)[C@H](CC(=O)/C(=N\OCCOc2ccc3c(c2)CCN(C(N)=NCCCN)C3)c2csc(N)n2)C(=O)N1OS(=O)(=O)O.CC1(C)[C@H](CC(=O)/C(=N\OCCOc2ccc3c(c2)CCN(C(N)=NCCCN=CN)C3)c2csc(N)n2)C(=O)N1OS(=O)(=O)O.CC1(C)[C@H](CC(=O)/C(=N\OCCOc2ccc3c(c2)CCN(C(N)=NCCCN=CN)C3)c2csc(N)n2)C(=O)N1OS(=O)(=O)O. The van der Waals surface area contributed by atoms with Gasteiger partial charge in [-0.1, -0.05) is 33.7 Å². The molecule has 9 heterocycles. The van der Waals surface area contributed by atoms with E-state index < -0.39 is 101 Å². The number of hydroxylamine groups is 6. The maximum atomic E-state index is 13.2. The summed E-state index contributed by atoms with van der Waals surface area (Å²) < 4.78 is 124. The number of benzene rings is 3. The summed E-state index contributed by atoms with van der Waals surface area (Å²) in [4.78, 5) is 133. The number of Topliss-reactive ketones (excluding diaryl/α,β-unsaturated/α-hetero) is 3. The number of nitrogens with two attached hydrogens (primary N) is 9. The second-order valence-corrected chi connectivity index (χ2v) is 38.2. The third-order valence-corrected chi connectivity index (χ3v) is 25.0. The first-order valence-electron chi connectivity index (χ1n) is 42.2. The Morgan fingerprint density at radius 3 is 0.963 bits per heavy atom. The van der Waals surface area contributed by atoms with Gasteiger partial charge in [0, 0.05) is 107 Å². The summed E-state index contributed by atoms with van der Waals surface area (Å²) >= 11 is 3.29. The summed E-state index contributed by atoms with van der Waals surface area (Å²) in [5.74, 6) is -3.52. The van der Waals surface area contributed by atoms with Crippen molar-refractivity contribution >= 4 is 163 Å². The normalized spacial score (nSPS) is 18.5. The molecule has 3 amide bonds. The van der Waals surface area contributed by atoms with Crippen molar-refractivity contribution < 1.29 is 109 Å². The van der Waals surface area contributed by atoms with E-state index >= 15 is 0 Å². The quantitative estimate of drug-likeness (QED) is 0.00644. The Morgan fingerprint density at radius 2 is 0.721 bits per heavy atom. The number of ketones is 3. The molecule has 3 aromatic heterocycles. The van der Waals surface area contributed by atoms with E-state index in [4.69, 9.17) is 94.0 Å². The highest BCUT2D eigenvalue weighted by molar-refractivity contribution is 7.81. The monoisotopic (exact) mass is 2010 g/mol. The van der Waals surface area contributed by atoms with Crippen LogP contribution < -0.4 is 65.8 Å². The van der Waals surface area contributed by atoms with Gasteiger partial charge in [-0.3, -0.25) is 67.4 Å². The summed E-state index contributed by atoms with van der Waals surface area (Å²) in [6.45, 7) is 17.0. The number of aliphatic imine (C=N–C) groups is 5. The smallest absolute Gasteiger partial charge is 0.418 e. The van der Waals surface area contributed by atoms with Crippen LogP contribution >= 0.6 is 34.0 Å². The summed E-state index contributed by atoms with van der Waals surface area (Å²) in [7, 11) is -14.8. The van der Waals surface area contributed by atoms with E-state index in [2.05, 4.69) is 68.2 Å². The molecular formula is C80H110N26O24S6. The van der Waals surface area contributed by atoms with Gasteiger partial charge in [0.1, 0.15) is 54.2 Å². The van der Waals surface area contributed by atoms with Crippen molar-refractivity contribution in [3.8, 4) is 17.2 Å². The number of aromatic nitrogens is 3. The van der Waals surface area contributed by atoms with Gasteiger partial charge in [0.2, 0.25) is 0 Å². The molecular weight excluding hydrogens is 1900 g/mol. The number of rotatable bonds is 44. The van der Waals surface area contributed by atoms with Crippen LogP contribution in [0.3, 0.4) is 0 Å². The molecule has 50 nitrogen and oxygen atoms in total. The fraction of sp³-hybridized carbons (Fsp3) is 0.487. The minimum absolute atomic E-state index is 0.000882. The van der Waals surface area contributed by atoms with Crippen LogP contribution in [0.15, 0.2) is 111 Å². The summed E-state index contributed by atoms with van der Waals surface area (Å²) in [6.07, 6.45) is 6.16. The van der Waals surface area contributed by atoms with Crippen LogP contribution in [0.1, 0.15) is 131 Å². The van der Waals surface area contributed by atoms with Crippen LogP contribution in [-0.2, 0) is 126 Å². The number of nitrogen functional groups attached to an aromatic ring is 3. The largest absolute Gasteiger partial charge is 0.490 e. The van der Waals surface area contributed by atoms with Crippen molar-refractivity contribution in [2.45, 2.75) is 136 Å². The van der Waals surface area contributed by atoms with E-state index in [1.807, 2.05) is 69.3 Å². The van der Waals surface area contributed by atoms with Crippen molar-refractivity contribution in [3.63, 3.8) is 0 Å². The predicted molar refractivity (Wildman–Crippen MR) is 503 cm³/mol. The highest BCUT2D eigenvalue weighted by Gasteiger charge is 2.60. The molecule has 6 aliphatic rings. The van der Waals surface area contributed by atoms with Crippen LogP contribution in [0.25, 0.3) is 0 Å². The molecule has 0 saturated carbocycles. The molecule has 6 aromatic rings. The van der Waals surface area contributed by atoms with Gasteiger partial charge in [-0.2, -0.15) is 40.4 Å². The lowest BCUT2D eigenvalue weighted by molar-refractivity contribution is -0.228. The Balaban J connectivity index is 0.000000211. The van der Waals surface area contributed by atoms with E-state index in [1.165, 1.54) is 70.4 Å². The Bertz CT molecular complexity index is 5670. The number of oxime groups is 3. The first-order valence-corrected chi connectivity index (χ1v) is 49.0. The standard InChI is InChI=1S/2C27H37N9O8S2.C26H36N8O8S2/c2*1-27(2)20(24(38)36(27)44-46(39,40)41)13-22(37)23(21-15-45-26(30)33-21)34-43-11-10-42-19-5-4-18-14-35(9-6-17(18)12-19)25(29)32-8-3-7-31-16-28;1-26(2)19(23(36)34(26)42-44(37,38)39)13-21(35)22(20-15-43-25(29)31-20)32-41-11-10-40-18-5-4-17-14-33(9-6-16(17)12-18)24(28)30-8-3-7-27/h2*4-5,12,15-16,20H,3,6-11,13-14H2,1-2H3,(H2,28,31)(H2,29,32)(H2,30,33)(H,39,40,41);4-5,12,15,19H,3,6-11,13-14,27H2,1-2H3,(H2,28,30)(H2,29,31)(H,37,38,39)/b2*34-23-;32-22-/t2*20-;19-/m111/s1. The molecule has 3 saturated heterocycles. The Kier molecular flexibility index (Phi) is 36.7. The molecule has 3 fully saturated rings. The van der Waals surface area contributed by atoms with E-state index in [9.17, 15) is 54.0 Å². The number of hydrogen-bond acceptors (Lipinski definition) is 39. The zero-order valence-corrected chi connectivity index (χ0v) is 80.0. The van der Waals surface area contributed by atoms with Crippen LogP contribution in [0.4, 0.5) is 15.4 Å². The Hall–Kier alpha value is -12.5. The van der Waals surface area contributed by atoms with E-state index in [0.29, 0.717) is 109 Å². The second kappa shape index (κ2) is 47.3. The van der Waals surface area contributed by atoms with Crippen LogP contribution in [-0.4, -0.2) is 282 Å². The highest BCUT2D eigenvalue weighted by atomic mass is 32.3. The van der Waals surface area contributed by atoms with Gasteiger partial charge in [0.15, 0.2) is 87.6 Å². The molecule has 56 heteroatoms. The third-order valence-electron chi connectivity index (χ3n) is 22.0. The minimum Gasteiger partial charge on any atom is -0.490 e. The zero-order chi connectivity index (χ0) is 99.0. The molecule has 136 heavy (non-hydrogen) atoms. The number of nitrogens with zero attached hydrogens (tertiary/aromatic N) is 17. The number of anilines is 3. The molecule has 0 spiro atoms. The first-order chi connectivity index (χ1) is 64.4. The molecule has 12 rings (SSSR count). The molecule has 740 valence electrons. The molecule has 0 aliphatic carbocycles. The average molecular weight is 2010 g/mol. The molecule has 0 bridgehead atoms. The van der Waals surface area contributed by atoms with E-state index in [0.717, 1.165) is 126 Å². The average Bonchev–Trinajstić information content (AvgIpc) is 0.903. The Morgan fingerprint density at radius 1 is 0.441 bits per heavy atom. The van der Waals surface area contributed by atoms with E-state index in [-0.39, 0.29) is 109 Å². The molecule has 3 aromatic carbocycles. The predicted octanol–water partition coefficient (Wildman–Crippen LogP) is 1.49. The second-order valence-electron chi connectivity index (χ2n) is 32.5. The van der Waals surface area contributed by atoms with Gasteiger partial charge in [0.05, 0.1) is 47.0 Å². The van der Waals surface area contributed by atoms with Crippen molar-refractivity contribution in [2.75, 3.05) is 116 Å². The van der Waals surface area contributed by atoms with Crippen molar-refractivity contribution in [1.82, 2.24) is 44.8 Å². The third kappa shape index (κ3) is 29.0. The van der Waals surface area contributed by atoms with Crippen molar-refractivity contribution in [2.24, 2.45) is 92.6 Å². The fourth-order valence-electron chi connectivity index (χ4n) is 14.7. The first kappa shape index (κ1) is 106. The van der Waals surface area contributed by atoms with Gasteiger partial charge in [-0.05, 0) is 156 Å². The van der Waals surface area contributed by atoms with Crippen LogP contribution in [0, 0.1) is 17.8 Å². The molecule has 0 radical (unpaired) electrons. The number of guanidine groups is 3.